The van der Waals surface area contributed by atoms with Gasteiger partial charge >= 0.3 is 0 Å². The van der Waals surface area contributed by atoms with Crippen molar-refractivity contribution in [2.24, 2.45) is 0 Å². The fourth-order valence-electron chi connectivity index (χ4n) is 3.66. The van der Waals surface area contributed by atoms with Crippen LogP contribution in [0.4, 0.5) is 5.69 Å². The minimum absolute atomic E-state index is 0.0503. The third-order valence-corrected chi connectivity index (χ3v) is 6.98. The molecule has 29 heavy (non-hydrogen) atoms. The van der Waals surface area contributed by atoms with E-state index < -0.39 is 10.0 Å². The third-order valence-electron chi connectivity index (χ3n) is 5.19. The van der Waals surface area contributed by atoms with Gasteiger partial charge in [-0.25, -0.2) is 8.42 Å². The maximum atomic E-state index is 13.6. The maximum Gasteiger partial charge on any atom is 0.268 e. The topological polar surface area (TPSA) is 75.7 Å². The minimum atomic E-state index is -4.01. The summed E-state index contributed by atoms with van der Waals surface area (Å²) in [4.78, 5) is 12.8. The van der Waals surface area contributed by atoms with Crippen LogP contribution in [0.25, 0.3) is 0 Å². The summed E-state index contributed by atoms with van der Waals surface area (Å²) in [6, 6.07) is 13.8. The van der Waals surface area contributed by atoms with E-state index in [0.717, 1.165) is 35.6 Å². The number of ether oxygens (including phenoxy) is 1. The van der Waals surface area contributed by atoms with Crippen LogP contribution >= 0.6 is 0 Å². The predicted octanol–water partition coefficient (Wildman–Crippen LogP) is 3.65. The molecule has 2 aromatic rings. The predicted molar refractivity (Wildman–Crippen MR) is 114 cm³/mol. The van der Waals surface area contributed by atoms with E-state index in [4.69, 9.17) is 4.74 Å². The molecule has 3 rings (SSSR count). The summed E-state index contributed by atoms with van der Waals surface area (Å²) in [6.07, 6.45) is 5.24. The molecule has 0 heterocycles. The highest BCUT2D eigenvalue weighted by Gasteiger charge is 2.30. The Morgan fingerprint density at radius 2 is 1.79 bits per heavy atom. The van der Waals surface area contributed by atoms with Crippen LogP contribution in [0.3, 0.4) is 0 Å². The van der Waals surface area contributed by atoms with Gasteiger partial charge in [-0.1, -0.05) is 43.5 Å². The summed E-state index contributed by atoms with van der Waals surface area (Å²) < 4.78 is 33.6. The maximum absolute atomic E-state index is 13.6. The van der Waals surface area contributed by atoms with Crippen LogP contribution in [0, 0.1) is 6.92 Å². The number of nitrogens with zero attached hydrogens (tertiary/aromatic N) is 1. The highest BCUT2D eigenvalue weighted by Crippen LogP contribution is 2.30. The SMILES string of the molecule is COc1ccc(C)cc1S(=O)(=O)N(CC(=O)NC1CCCCC1)c1ccccc1. The molecule has 0 atom stereocenters. The molecule has 0 aromatic heterocycles. The molecular formula is C22H28N2O4S. The van der Waals surface area contributed by atoms with Crippen LogP contribution in [0.15, 0.2) is 53.4 Å². The summed E-state index contributed by atoms with van der Waals surface area (Å²) in [5.41, 5.74) is 1.24. The van der Waals surface area contributed by atoms with Crippen molar-refractivity contribution in [3.8, 4) is 5.75 Å². The quantitative estimate of drug-likeness (QED) is 0.748. The van der Waals surface area contributed by atoms with E-state index in [2.05, 4.69) is 5.32 Å². The fourth-order valence-corrected chi connectivity index (χ4v) is 5.33. The first-order valence-corrected chi connectivity index (χ1v) is 11.4. The molecule has 2 aromatic carbocycles. The van der Waals surface area contributed by atoms with Crippen molar-refractivity contribution >= 4 is 21.6 Å². The number of benzene rings is 2. The van der Waals surface area contributed by atoms with Gasteiger partial charge in [0.15, 0.2) is 0 Å². The number of carbonyl (C=O) groups excluding carboxylic acids is 1. The van der Waals surface area contributed by atoms with Gasteiger partial charge in [0.05, 0.1) is 12.8 Å². The van der Waals surface area contributed by atoms with Gasteiger partial charge in [0.25, 0.3) is 10.0 Å². The third kappa shape index (κ3) is 5.09. The molecule has 0 unspecified atom stereocenters. The molecule has 1 aliphatic rings. The number of hydrogen-bond donors (Lipinski definition) is 1. The summed E-state index contributed by atoms with van der Waals surface area (Å²) in [6.45, 7) is 1.54. The Kier molecular flexibility index (Phi) is 6.79. The van der Waals surface area contributed by atoms with Gasteiger partial charge in [0.2, 0.25) is 5.91 Å². The van der Waals surface area contributed by atoms with Gasteiger partial charge in [0, 0.05) is 6.04 Å². The number of amides is 1. The molecular weight excluding hydrogens is 388 g/mol. The van der Waals surface area contributed by atoms with Crippen molar-refractivity contribution in [2.75, 3.05) is 18.0 Å². The molecule has 0 bridgehead atoms. The van der Waals surface area contributed by atoms with Crippen LogP contribution in [-0.4, -0.2) is 34.0 Å². The van der Waals surface area contributed by atoms with Crippen molar-refractivity contribution in [2.45, 2.75) is 50.0 Å². The Bertz CT molecular complexity index is 939. The molecule has 0 spiro atoms. The zero-order chi connectivity index (χ0) is 20.9. The lowest BCUT2D eigenvalue weighted by atomic mass is 9.95. The van der Waals surface area contributed by atoms with E-state index in [9.17, 15) is 13.2 Å². The van der Waals surface area contributed by atoms with Crippen LogP contribution < -0.4 is 14.4 Å². The summed E-state index contributed by atoms with van der Waals surface area (Å²) in [5, 5.41) is 3.01. The van der Waals surface area contributed by atoms with Crippen molar-refractivity contribution in [1.82, 2.24) is 5.32 Å². The smallest absolute Gasteiger partial charge is 0.268 e. The van der Waals surface area contributed by atoms with Crippen molar-refractivity contribution < 1.29 is 17.9 Å². The molecule has 0 radical (unpaired) electrons. The first kappa shape index (κ1) is 21.2. The average molecular weight is 417 g/mol. The molecule has 6 nitrogen and oxygen atoms in total. The number of rotatable bonds is 7. The first-order valence-electron chi connectivity index (χ1n) is 9.93. The Labute approximate surface area is 172 Å². The molecule has 1 aliphatic carbocycles. The number of para-hydroxylation sites is 1. The van der Waals surface area contributed by atoms with E-state index in [1.54, 1.807) is 42.5 Å². The molecule has 1 N–H and O–H groups in total. The zero-order valence-electron chi connectivity index (χ0n) is 16.9. The van der Waals surface area contributed by atoms with Crippen LogP contribution in [0.1, 0.15) is 37.7 Å². The minimum Gasteiger partial charge on any atom is -0.495 e. The lowest BCUT2D eigenvalue weighted by Gasteiger charge is -2.27. The fraction of sp³-hybridized carbons (Fsp3) is 0.409. The number of sulfonamides is 1. The average Bonchev–Trinajstić information content (AvgIpc) is 2.73. The van der Waals surface area contributed by atoms with Gasteiger partial charge in [-0.05, 0) is 49.6 Å². The van der Waals surface area contributed by atoms with Crippen LogP contribution in [0.5, 0.6) is 5.75 Å². The van der Waals surface area contributed by atoms with Gasteiger partial charge in [0.1, 0.15) is 17.2 Å². The van der Waals surface area contributed by atoms with Gasteiger partial charge in [-0.3, -0.25) is 9.10 Å². The highest BCUT2D eigenvalue weighted by atomic mass is 32.2. The lowest BCUT2D eigenvalue weighted by molar-refractivity contribution is -0.120. The molecule has 1 fully saturated rings. The van der Waals surface area contributed by atoms with Gasteiger partial charge < -0.3 is 10.1 Å². The van der Waals surface area contributed by atoms with Crippen molar-refractivity contribution in [1.29, 1.82) is 0 Å². The number of anilines is 1. The van der Waals surface area contributed by atoms with E-state index in [-0.39, 0.29) is 29.1 Å². The zero-order valence-corrected chi connectivity index (χ0v) is 17.7. The second kappa shape index (κ2) is 9.31. The molecule has 1 saturated carbocycles. The number of methoxy groups -OCH3 is 1. The number of nitrogens with one attached hydrogen (secondary N) is 1. The first-order chi connectivity index (χ1) is 13.9. The second-order valence-corrected chi connectivity index (χ2v) is 9.23. The molecule has 156 valence electrons. The monoisotopic (exact) mass is 416 g/mol. The lowest BCUT2D eigenvalue weighted by Crippen LogP contribution is -2.45. The second-order valence-electron chi connectivity index (χ2n) is 7.40. The largest absolute Gasteiger partial charge is 0.495 e. The Balaban J connectivity index is 1.93. The summed E-state index contributed by atoms with van der Waals surface area (Å²) in [7, 11) is -2.57. The molecule has 0 aliphatic heterocycles. The summed E-state index contributed by atoms with van der Waals surface area (Å²) in [5.74, 6) is -0.0415. The van der Waals surface area contributed by atoms with Crippen molar-refractivity contribution in [3.63, 3.8) is 0 Å². The van der Waals surface area contributed by atoms with Crippen LogP contribution in [-0.2, 0) is 14.8 Å². The Morgan fingerprint density at radius 3 is 2.45 bits per heavy atom. The van der Waals surface area contributed by atoms with Gasteiger partial charge in [-0.15, -0.1) is 0 Å². The standard InChI is InChI=1S/C22H28N2O4S/c1-17-13-14-20(28-2)21(15-17)29(26,27)24(19-11-7-4-8-12-19)16-22(25)23-18-9-5-3-6-10-18/h4,7-8,11-15,18H,3,5-6,9-10,16H2,1-2H3,(H,23,25). The van der Waals surface area contributed by atoms with Gasteiger partial charge in [-0.2, -0.15) is 0 Å². The number of hydrogen-bond acceptors (Lipinski definition) is 4. The molecule has 0 saturated heterocycles. The highest BCUT2D eigenvalue weighted by molar-refractivity contribution is 7.93. The van der Waals surface area contributed by atoms with E-state index in [1.807, 2.05) is 13.0 Å². The normalized spacial score (nSPS) is 15.0. The molecule has 7 heteroatoms. The van der Waals surface area contributed by atoms with Crippen LogP contribution in [0.2, 0.25) is 0 Å². The number of carbonyl (C=O) groups is 1. The Morgan fingerprint density at radius 1 is 1.10 bits per heavy atom. The molecule has 1 amide bonds. The van der Waals surface area contributed by atoms with Crippen molar-refractivity contribution in [3.05, 3.63) is 54.1 Å². The van der Waals surface area contributed by atoms with E-state index in [1.165, 1.54) is 13.5 Å². The summed E-state index contributed by atoms with van der Waals surface area (Å²) >= 11 is 0. The Hall–Kier alpha value is -2.54. The number of aryl methyl sites for hydroxylation is 1. The van der Waals surface area contributed by atoms with E-state index >= 15 is 0 Å². The van der Waals surface area contributed by atoms with E-state index in [0.29, 0.717) is 5.69 Å².